The molecule has 38 heavy (non-hydrogen) atoms. The van der Waals surface area contributed by atoms with Crippen molar-refractivity contribution < 1.29 is 32.7 Å². The molecule has 0 bridgehead atoms. The molecule has 2 heterocycles. The highest BCUT2D eigenvalue weighted by Crippen LogP contribution is 2.42. The van der Waals surface area contributed by atoms with Gasteiger partial charge in [-0.2, -0.15) is 0 Å². The van der Waals surface area contributed by atoms with E-state index in [1.165, 1.54) is 10.8 Å². The minimum atomic E-state index is -1.41. The van der Waals surface area contributed by atoms with Gasteiger partial charge in [0.15, 0.2) is 17.7 Å². The van der Waals surface area contributed by atoms with Gasteiger partial charge in [0.2, 0.25) is 5.43 Å². The van der Waals surface area contributed by atoms with E-state index < -0.39 is 58.2 Å². The number of carbonyl (C=O) groups excluding carboxylic acids is 2. The molecule has 1 saturated carbocycles. The molecule has 12 heteroatoms. The van der Waals surface area contributed by atoms with Crippen molar-refractivity contribution in [1.29, 1.82) is 0 Å². The van der Waals surface area contributed by atoms with E-state index >= 15 is 8.78 Å². The Kier molecular flexibility index (Phi) is 7.41. The Balaban J connectivity index is 1.85. The van der Waals surface area contributed by atoms with Crippen LogP contribution in [0.3, 0.4) is 0 Å². The van der Waals surface area contributed by atoms with Crippen molar-refractivity contribution in [1.82, 2.24) is 9.88 Å². The maximum absolute atomic E-state index is 16.1. The van der Waals surface area contributed by atoms with E-state index in [0.717, 1.165) is 0 Å². The maximum atomic E-state index is 16.1. The number of nitrogen functional groups attached to an aromatic ring is 1. The van der Waals surface area contributed by atoms with Crippen LogP contribution >= 0.6 is 0 Å². The van der Waals surface area contributed by atoms with E-state index in [0.29, 0.717) is 25.9 Å². The highest BCUT2D eigenvalue weighted by atomic mass is 19.1. The topological polar surface area (TPSA) is 130 Å². The number of carbonyl (C=O) groups is 2. The third-order valence-electron chi connectivity index (χ3n) is 6.82. The fourth-order valence-corrected chi connectivity index (χ4v) is 5.28. The SMILES string of the molecule is C[C@@H]1CN(c2c(F)c(N)c3c(=O)c(C(=O)OC(CC(=O)[O-])C[N+](C)(C)C)cn(C4CC4)c3c2F)C[C@H](C)N1. The number of nitrogens with zero attached hydrogens (tertiary/aromatic N) is 3. The molecule has 10 nitrogen and oxygen atoms in total. The van der Waals surface area contributed by atoms with Crippen LogP contribution in [-0.4, -0.2) is 80.0 Å². The number of rotatable bonds is 8. The van der Waals surface area contributed by atoms with Crippen LogP contribution in [0.4, 0.5) is 20.2 Å². The number of benzene rings is 1. The monoisotopic (exact) mass is 535 g/mol. The fourth-order valence-electron chi connectivity index (χ4n) is 5.28. The van der Waals surface area contributed by atoms with Gasteiger partial charge in [-0.15, -0.1) is 0 Å². The van der Waals surface area contributed by atoms with Gasteiger partial charge < -0.3 is 39.6 Å². The first-order valence-corrected chi connectivity index (χ1v) is 12.8. The number of hydrogen-bond donors (Lipinski definition) is 2. The summed E-state index contributed by atoms with van der Waals surface area (Å²) in [7, 11) is 5.36. The molecule has 3 atom stereocenters. The molecule has 1 aliphatic carbocycles. The van der Waals surface area contributed by atoms with Gasteiger partial charge in [-0.25, -0.2) is 13.6 Å². The third-order valence-corrected chi connectivity index (χ3v) is 6.82. The van der Waals surface area contributed by atoms with Crippen molar-refractivity contribution in [3.63, 3.8) is 0 Å². The number of quaternary nitrogens is 1. The average Bonchev–Trinajstić information content (AvgIpc) is 3.60. The highest BCUT2D eigenvalue weighted by Gasteiger charge is 2.35. The van der Waals surface area contributed by atoms with Crippen molar-refractivity contribution in [3.05, 3.63) is 33.6 Å². The number of nitrogens with one attached hydrogen (secondary N) is 1. The Morgan fingerprint density at radius 2 is 1.79 bits per heavy atom. The first-order valence-electron chi connectivity index (χ1n) is 12.8. The van der Waals surface area contributed by atoms with Gasteiger partial charge >= 0.3 is 5.97 Å². The van der Waals surface area contributed by atoms with E-state index in [2.05, 4.69) is 5.32 Å². The number of nitrogens with two attached hydrogens (primary N) is 1. The number of esters is 1. The van der Waals surface area contributed by atoms with Crippen LogP contribution in [0.5, 0.6) is 0 Å². The van der Waals surface area contributed by atoms with Crippen molar-refractivity contribution in [2.45, 2.75) is 57.3 Å². The number of hydrogen-bond acceptors (Lipinski definition) is 8. The third kappa shape index (κ3) is 5.60. The average molecular weight is 536 g/mol. The summed E-state index contributed by atoms with van der Waals surface area (Å²) in [6.07, 6.45) is 0.924. The second-order valence-electron chi connectivity index (χ2n) is 11.6. The van der Waals surface area contributed by atoms with E-state index in [1.807, 2.05) is 13.8 Å². The lowest BCUT2D eigenvalue weighted by molar-refractivity contribution is -0.873. The van der Waals surface area contributed by atoms with Gasteiger partial charge in [0.05, 0.1) is 37.7 Å². The number of fused-ring (bicyclic) bond motifs is 1. The normalized spacial score (nSPS) is 21.0. The number of likely N-dealkylation sites (N-methyl/N-ethyl adjacent to an activating group) is 1. The standard InChI is InChI=1S/C26H35F2N5O5/c1-13-9-31(10-14(2)30-13)24-20(27)22(29)19-23(21(24)28)32(15-6-7-15)11-17(25(19)36)26(37)38-16(8-18(34)35)12-33(3,4)5/h11,13-16,30H,6-10,12H2,1-5H3,(H2-,29,34,35,36)/t13-,14+,16?. The smallest absolute Gasteiger partial charge is 0.344 e. The van der Waals surface area contributed by atoms with Crippen LogP contribution in [0, 0.1) is 11.6 Å². The van der Waals surface area contributed by atoms with E-state index in [9.17, 15) is 19.5 Å². The lowest BCUT2D eigenvalue weighted by atomic mass is 10.0. The van der Waals surface area contributed by atoms with Gasteiger partial charge in [0.25, 0.3) is 0 Å². The zero-order valence-corrected chi connectivity index (χ0v) is 22.3. The molecule has 2 fully saturated rings. The van der Waals surface area contributed by atoms with E-state index in [-0.39, 0.29) is 40.4 Å². The molecule has 208 valence electrons. The number of aliphatic carboxylic acids is 1. The number of piperazine rings is 1. The first kappa shape index (κ1) is 27.8. The van der Waals surface area contributed by atoms with E-state index in [4.69, 9.17) is 10.5 Å². The van der Waals surface area contributed by atoms with Crippen molar-refractivity contribution in [3.8, 4) is 0 Å². The number of halogens is 2. The molecule has 0 spiro atoms. The Hall–Kier alpha value is -3.25. The number of anilines is 2. The van der Waals surface area contributed by atoms with Crippen LogP contribution in [0.25, 0.3) is 10.9 Å². The fraction of sp³-hybridized carbons (Fsp3) is 0.577. The van der Waals surface area contributed by atoms with E-state index in [1.54, 1.807) is 26.0 Å². The summed E-state index contributed by atoms with van der Waals surface area (Å²) < 4.78 is 39.0. The molecule has 1 aromatic heterocycles. The Bertz CT molecular complexity index is 1320. The summed E-state index contributed by atoms with van der Waals surface area (Å²) in [4.78, 5) is 39.5. The minimum Gasteiger partial charge on any atom is -0.550 e. The second-order valence-corrected chi connectivity index (χ2v) is 11.6. The molecule has 2 aromatic rings. The van der Waals surface area contributed by atoms with Crippen LogP contribution in [0.2, 0.25) is 0 Å². The number of carboxylic acids is 1. The molecule has 1 aliphatic heterocycles. The van der Waals surface area contributed by atoms with Gasteiger partial charge in [-0.1, -0.05) is 0 Å². The first-order chi connectivity index (χ1) is 17.7. The zero-order chi connectivity index (χ0) is 28.1. The predicted octanol–water partition coefficient (Wildman–Crippen LogP) is 0.755. The molecule has 1 saturated heterocycles. The van der Waals surface area contributed by atoms with Gasteiger partial charge in [-0.05, 0) is 26.7 Å². The number of aromatic nitrogens is 1. The number of carboxylic acid groups (broad SMARTS) is 1. The van der Waals surface area contributed by atoms with Gasteiger partial charge in [0.1, 0.15) is 17.8 Å². The van der Waals surface area contributed by atoms with Crippen LogP contribution in [0.1, 0.15) is 49.5 Å². The molecule has 1 unspecified atom stereocenters. The predicted molar refractivity (Wildman–Crippen MR) is 137 cm³/mol. The van der Waals surface area contributed by atoms with Crippen LogP contribution < -0.4 is 26.5 Å². The number of pyridine rings is 1. The molecular weight excluding hydrogens is 500 g/mol. The highest BCUT2D eigenvalue weighted by molar-refractivity contribution is 6.00. The van der Waals surface area contributed by atoms with Crippen LogP contribution in [-0.2, 0) is 9.53 Å². The molecule has 3 N–H and O–H groups in total. The molecule has 0 amide bonds. The maximum Gasteiger partial charge on any atom is 0.344 e. The Labute approximate surface area is 219 Å². The summed E-state index contributed by atoms with van der Waals surface area (Å²) in [6.45, 7) is 4.64. The quantitative estimate of drug-likeness (QED) is 0.288. The summed E-state index contributed by atoms with van der Waals surface area (Å²) in [6, 6.07) is -0.265. The van der Waals surface area contributed by atoms with Gasteiger partial charge in [-0.3, -0.25) is 4.79 Å². The summed E-state index contributed by atoms with van der Waals surface area (Å²) in [5.41, 5.74) is 3.72. The minimum absolute atomic E-state index is 0.0297. The summed E-state index contributed by atoms with van der Waals surface area (Å²) in [5, 5.41) is 14.1. The summed E-state index contributed by atoms with van der Waals surface area (Å²) in [5.74, 6) is -4.46. The zero-order valence-electron chi connectivity index (χ0n) is 22.3. The Morgan fingerprint density at radius 1 is 1.18 bits per heavy atom. The molecule has 4 rings (SSSR count). The molecule has 1 aromatic carbocycles. The van der Waals surface area contributed by atoms with Crippen molar-refractivity contribution in [2.75, 3.05) is 51.4 Å². The largest absolute Gasteiger partial charge is 0.550 e. The van der Waals surface area contributed by atoms with Crippen molar-refractivity contribution in [2.24, 2.45) is 0 Å². The number of ether oxygens (including phenoxy) is 1. The van der Waals surface area contributed by atoms with Crippen molar-refractivity contribution >= 4 is 34.2 Å². The lowest BCUT2D eigenvalue weighted by Crippen LogP contribution is -2.54. The van der Waals surface area contributed by atoms with Crippen LogP contribution in [0.15, 0.2) is 11.0 Å². The molecule has 0 radical (unpaired) electrons. The lowest BCUT2D eigenvalue weighted by Gasteiger charge is -2.38. The second kappa shape index (κ2) is 10.1. The summed E-state index contributed by atoms with van der Waals surface area (Å²) >= 11 is 0. The Morgan fingerprint density at radius 3 is 2.32 bits per heavy atom. The molecular formula is C26H35F2N5O5. The van der Waals surface area contributed by atoms with Gasteiger partial charge in [0, 0.05) is 49.8 Å². The molecule has 2 aliphatic rings.